The Morgan fingerprint density at radius 2 is 2.05 bits per heavy atom. The summed E-state index contributed by atoms with van der Waals surface area (Å²) >= 11 is 0. The van der Waals surface area contributed by atoms with Crippen LogP contribution in [0.4, 0.5) is 5.69 Å². The smallest absolute Gasteiger partial charge is 0.306 e. The molecule has 6 nitrogen and oxygen atoms in total. The van der Waals surface area contributed by atoms with E-state index in [2.05, 4.69) is 5.32 Å². The van der Waals surface area contributed by atoms with Gasteiger partial charge in [-0.05, 0) is 25.1 Å². The van der Waals surface area contributed by atoms with Crippen molar-refractivity contribution < 1.29 is 19.1 Å². The van der Waals surface area contributed by atoms with Gasteiger partial charge in [0.2, 0.25) is 0 Å². The van der Waals surface area contributed by atoms with E-state index in [4.69, 9.17) is 10.00 Å². The van der Waals surface area contributed by atoms with E-state index < -0.39 is 18.5 Å². The zero-order chi connectivity index (χ0) is 15.0. The highest BCUT2D eigenvalue weighted by atomic mass is 16.5. The molecule has 0 atom stereocenters. The number of ether oxygens (including phenoxy) is 1. The molecular weight excluding hydrogens is 260 g/mol. The molecule has 0 saturated heterocycles. The number of nitriles is 1. The SMILES string of the molecule is CC(=O)CCC(=O)OCC(=O)Nc1cccc(C#N)c1. The molecule has 104 valence electrons. The first-order valence-corrected chi connectivity index (χ1v) is 5.96. The second-order valence-electron chi connectivity index (χ2n) is 4.10. The number of esters is 1. The molecule has 0 saturated carbocycles. The molecule has 1 rings (SSSR count). The van der Waals surface area contributed by atoms with Gasteiger partial charge in [0.1, 0.15) is 5.78 Å². The van der Waals surface area contributed by atoms with E-state index >= 15 is 0 Å². The number of carbonyl (C=O) groups is 3. The summed E-state index contributed by atoms with van der Waals surface area (Å²) in [4.78, 5) is 33.4. The summed E-state index contributed by atoms with van der Waals surface area (Å²) < 4.78 is 4.71. The maximum Gasteiger partial charge on any atom is 0.306 e. The normalized spacial score (nSPS) is 9.40. The van der Waals surface area contributed by atoms with Gasteiger partial charge < -0.3 is 14.8 Å². The van der Waals surface area contributed by atoms with Crippen molar-refractivity contribution in [2.24, 2.45) is 0 Å². The number of benzene rings is 1. The fourth-order valence-electron chi connectivity index (χ4n) is 1.36. The Morgan fingerprint density at radius 1 is 1.30 bits per heavy atom. The van der Waals surface area contributed by atoms with E-state index in [1.807, 2.05) is 6.07 Å². The number of nitrogens with zero attached hydrogens (tertiary/aromatic N) is 1. The molecule has 0 heterocycles. The van der Waals surface area contributed by atoms with E-state index in [-0.39, 0.29) is 18.6 Å². The van der Waals surface area contributed by atoms with Crippen molar-refractivity contribution in [1.82, 2.24) is 0 Å². The molecule has 1 N–H and O–H groups in total. The predicted octanol–water partition coefficient (Wildman–Crippen LogP) is 1.41. The van der Waals surface area contributed by atoms with Crippen LogP contribution in [-0.2, 0) is 19.1 Å². The molecule has 20 heavy (non-hydrogen) atoms. The summed E-state index contributed by atoms with van der Waals surface area (Å²) in [6, 6.07) is 8.32. The van der Waals surface area contributed by atoms with E-state index in [9.17, 15) is 14.4 Å². The summed E-state index contributed by atoms with van der Waals surface area (Å²) in [6.07, 6.45) is 0.0667. The van der Waals surface area contributed by atoms with Gasteiger partial charge >= 0.3 is 5.97 Å². The Morgan fingerprint density at radius 3 is 2.70 bits per heavy atom. The largest absolute Gasteiger partial charge is 0.456 e. The van der Waals surface area contributed by atoms with Crippen LogP contribution in [0.3, 0.4) is 0 Å². The molecule has 0 aromatic heterocycles. The molecule has 1 amide bonds. The number of amides is 1. The lowest BCUT2D eigenvalue weighted by Gasteiger charge is -2.06. The Balaban J connectivity index is 2.38. The lowest BCUT2D eigenvalue weighted by Crippen LogP contribution is -2.21. The maximum absolute atomic E-state index is 11.5. The molecule has 0 aliphatic carbocycles. The number of Topliss-reactive ketones (excluding diaryl/α,β-unsaturated/α-hetero) is 1. The highest BCUT2D eigenvalue weighted by Gasteiger charge is 2.09. The van der Waals surface area contributed by atoms with Gasteiger partial charge in [-0.25, -0.2) is 0 Å². The third-order valence-electron chi connectivity index (χ3n) is 2.32. The van der Waals surface area contributed by atoms with Gasteiger partial charge in [0, 0.05) is 12.1 Å². The maximum atomic E-state index is 11.5. The summed E-state index contributed by atoms with van der Waals surface area (Å²) in [5.74, 6) is -1.21. The highest BCUT2D eigenvalue weighted by Crippen LogP contribution is 2.09. The van der Waals surface area contributed by atoms with E-state index in [0.717, 1.165) is 0 Å². The minimum absolute atomic E-state index is 0.0352. The number of anilines is 1. The summed E-state index contributed by atoms with van der Waals surface area (Å²) in [5.41, 5.74) is 0.870. The average Bonchev–Trinajstić information content (AvgIpc) is 2.43. The van der Waals surface area contributed by atoms with Gasteiger partial charge in [-0.15, -0.1) is 0 Å². The molecule has 0 bridgehead atoms. The first kappa shape index (κ1) is 15.4. The third-order valence-corrected chi connectivity index (χ3v) is 2.32. The van der Waals surface area contributed by atoms with Crippen LogP contribution in [0.2, 0.25) is 0 Å². The predicted molar refractivity (Wildman–Crippen MR) is 70.7 cm³/mol. The second-order valence-corrected chi connectivity index (χ2v) is 4.10. The van der Waals surface area contributed by atoms with Crippen molar-refractivity contribution in [3.05, 3.63) is 29.8 Å². The van der Waals surface area contributed by atoms with Crippen molar-refractivity contribution in [3.8, 4) is 6.07 Å². The molecule has 6 heteroatoms. The van der Waals surface area contributed by atoms with Crippen LogP contribution in [0.5, 0.6) is 0 Å². The number of carbonyl (C=O) groups excluding carboxylic acids is 3. The van der Waals surface area contributed by atoms with Crippen LogP contribution in [0.15, 0.2) is 24.3 Å². The van der Waals surface area contributed by atoms with Gasteiger partial charge in [-0.2, -0.15) is 5.26 Å². The number of rotatable bonds is 6. The molecule has 0 fully saturated rings. The zero-order valence-electron chi connectivity index (χ0n) is 11.0. The number of ketones is 1. The van der Waals surface area contributed by atoms with Crippen LogP contribution in [-0.4, -0.2) is 24.3 Å². The molecule has 0 aliphatic rings. The Kier molecular flexibility index (Phi) is 5.91. The van der Waals surface area contributed by atoms with Crippen molar-refractivity contribution in [3.63, 3.8) is 0 Å². The van der Waals surface area contributed by atoms with Crippen LogP contribution in [0.1, 0.15) is 25.3 Å². The number of nitrogens with one attached hydrogen (secondary N) is 1. The minimum Gasteiger partial charge on any atom is -0.456 e. The number of hydrogen-bond donors (Lipinski definition) is 1. The van der Waals surface area contributed by atoms with Crippen LogP contribution < -0.4 is 5.32 Å². The van der Waals surface area contributed by atoms with Gasteiger partial charge in [-0.1, -0.05) is 6.07 Å². The summed E-state index contributed by atoms with van der Waals surface area (Å²) in [5, 5.41) is 11.2. The highest BCUT2D eigenvalue weighted by molar-refractivity contribution is 5.93. The summed E-state index contributed by atoms with van der Waals surface area (Å²) in [6.45, 7) is 0.954. The van der Waals surface area contributed by atoms with Crippen molar-refractivity contribution in [1.29, 1.82) is 5.26 Å². The van der Waals surface area contributed by atoms with Gasteiger partial charge in [0.25, 0.3) is 5.91 Å². The second kappa shape index (κ2) is 7.69. The van der Waals surface area contributed by atoms with Crippen LogP contribution in [0.25, 0.3) is 0 Å². The first-order chi connectivity index (χ1) is 9.51. The molecule has 0 aliphatic heterocycles. The van der Waals surface area contributed by atoms with Crippen molar-refractivity contribution in [2.45, 2.75) is 19.8 Å². The third kappa shape index (κ3) is 5.78. The first-order valence-electron chi connectivity index (χ1n) is 5.96. The Hall–Kier alpha value is -2.68. The van der Waals surface area contributed by atoms with Crippen LogP contribution >= 0.6 is 0 Å². The van der Waals surface area contributed by atoms with Crippen LogP contribution in [0, 0.1) is 11.3 Å². The van der Waals surface area contributed by atoms with Crippen molar-refractivity contribution in [2.75, 3.05) is 11.9 Å². The van der Waals surface area contributed by atoms with Gasteiger partial charge in [0.15, 0.2) is 6.61 Å². The Bertz CT molecular complexity index is 561. The molecule has 0 spiro atoms. The monoisotopic (exact) mass is 274 g/mol. The average molecular weight is 274 g/mol. The molecule has 1 aromatic rings. The zero-order valence-corrected chi connectivity index (χ0v) is 11.0. The fraction of sp³-hybridized carbons (Fsp3) is 0.286. The Labute approximate surface area is 116 Å². The number of hydrogen-bond acceptors (Lipinski definition) is 5. The van der Waals surface area contributed by atoms with E-state index in [0.29, 0.717) is 11.3 Å². The van der Waals surface area contributed by atoms with E-state index in [1.54, 1.807) is 18.2 Å². The van der Waals surface area contributed by atoms with Gasteiger partial charge in [0.05, 0.1) is 18.1 Å². The fourth-order valence-corrected chi connectivity index (χ4v) is 1.36. The lowest BCUT2D eigenvalue weighted by molar-refractivity contribution is -0.148. The topological polar surface area (TPSA) is 96.3 Å². The summed E-state index contributed by atoms with van der Waals surface area (Å²) in [7, 11) is 0. The van der Waals surface area contributed by atoms with Gasteiger partial charge in [-0.3, -0.25) is 9.59 Å². The molecular formula is C14H14N2O4. The lowest BCUT2D eigenvalue weighted by atomic mass is 10.2. The van der Waals surface area contributed by atoms with E-state index in [1.165, 1.54) is 13.0 Å². The molecule has 0 unspecified atom stereocenters. The van der Waals surface area contributed by atoms with Crippen molar-refractivity contribution >= 4 is 23.3 Å². The quantitative estimate of drug-likeness (QED) is 0.791. The standard InChI is InChI=1S/C14H14N2O4/c1-10(17)5-6-14(19)20-9-13(18)16-12-4-2-3-11(7-12)8-15/h2-4,7H,5-6,9H2,1H3,(H,16,18). The minimum atomic E-state index is -0.596. The molecule has 0 radical (unpaired) electrons. The molecule has 1 aromatic carbocycles.